The van der Waals surface area contributed by atoms with Gasteiger partial charge in [0, 0.05) is 18.0 Å². The highest BCUT2D eigenvalue weighted by molar-refractivity contribution is 7.18. The summed E-state index contributed by atoms with van der Waals surface area (Å²) >= 11 is 7.29. The van der Waals surface area contributed by atoms with Gasteiger partial charge in [0.25, 0.3) is 5.91 Å². The summed E-state index contributed by atoms with van der Waals surface area (Å²) in [6, 6.07) is 11.3. The third-order valence-corrected chi connectivity index (χ3v) is 4.81. The highest BCUT2D eigenvalue weighted by Gasteiger charge is 2.15. The maximum atomic E-state index is 13.6. The molecule has 8 heteroatoms. The fourth-order valence-corrected chi connectivity index (χ4v) is 3.39. The van der Waals surface area contributed by atoms with E-state index in [1.165, 1.54) is 6.07 Å². The van der Waals surface area contributed by atoms with Crippen molar-refractivity contribution in [3.05, 3.63) is 63.9 Å². The molecule has 0 fully saturated rings. The number of hydrogen-bond acceptors (Lipinski definition) is 5. The number of thiazole rings is 1. The summed E-state index contributed by atoms with van der Waals surface area (Å²) in [7, 11) is 0. The molecule has 0 aliphatic carbocycles. The Morgan fingerprint density at radius 2 is 2.04 bits per heavy atom. The quantitative estimate of drug-likeness (QED) is 0.651. The van der Waals surface area contributed by atoms with E-state index in [4.69, 9.17) is 16.3 Å². The van der Waals surface area contributed by atoms with Gasteiger partial charge in [0.05, 0.1) is 20.8 Å². The average molecular weight is 393 g/mol. The lowest BCUT2D eigenvalue weighted by molar-refractivity contribution is -0.124. The van der Waals surface area contributed by atoms with Gasteiger partial charge in [-0.05, 0) is 30.3 Å². The molecular weight excluding hydrogens is 379 g/mol. The summed E-state index contributed by atoms with van der Waals surface area (Å²) in [5, 5.41) is 3.75. The molecule has 0 saturated heterocycles. The first-order valence-corrected chi connectivity index (χ1v) is 8.95. The first kappa shape index (κ1) is 18.3. The van der Waals surface area contributed by atoms with Gasteiger partial charge in [0.2, 0.25) is 0 Å². The molecule has 134 valence electrons. The molecule has 3 aromatic rings. The lowest BCUT2D eigenvalue weighted by Gasteiger charge is -2.07. The second-order valence-corrected chi connectivity index (χ2v) is 6.93. The summed E-state index contributed by atoms with van der Waals surface area (Å²) in [6.45, 7) is -0.133. The van der Waals surface area contributed by atoms with Gasteiger partial charge >= 0.3 is 5.97 Å². The Morgan fingerprint density at radius 1 is 1.23 bits per heavy atom. The standard InChI is InChI=1S/C18H14ClFN2O3S/c19-11-5-6-13(20)12(9-11)18(24)25-10-16(23)21-8-7-17-22-14-3-1-2-4-15(14)26-17/h1-6,9H,7-8,10H2,(H,21,23). The molecule has 0 unspecified atom stereocenters. The minimum atomic E-state index is -0.939. The highest BCUT2D eigenvalue weighted by Crippen LogP contribution is 2.21. The Kier molecular flexibility index (Phi) is 5.80. The van der Waals surface area contributed by atoms with Crippen LogP contribution in [-0.4, -0.2) is 30.0 Å². The number of aromatic nitrogens is 1. The summed E-state index contributed by atoms with van der Waals surface area (Å²) in [4.78, 5) is 28.0. The zero-order valence-electron chi connectivity index (χ0n) is 13.5. The first-order valence-electron chi connectivity index (χ1n) is 7.76. The molecule has 1 heterocycles. The topological polar surface area (TPSA) is 68.3 Å². The van der Waals surface area contributed by atoms with E-state index in [9.17, 15) is 14.0 Å². The van der Waals surface area contributed by atoms with Crippen molar-refractivity contribution in [3.63, 3.8) is 0 Å². The van der Waals surface area contributed by atoms with Gasteiger partial charge in [-0.2, -0.15) is 0 Å². The molecule has 3 rings (SSSR count). The number of nitrogens with zero attached hydrogens (tertiary/aromatic N) is 1. The molecular formula is C18H14ClFN2O3S. The number of hydrogen-bond donors (Lipinski definition) is 1. The van der Waals surface area contributed by atoms with Crippen LogP contribution in [0.2, 0.25) is 5.02 Å². The maximum absolute atomic E-state index is 13.6. The summed E-state index contributed by atoms with van der Waals surface area (Å²) < 4.78 is 19.5. The van der Waals surface area contributed by atoms with Crippen molar-refractivity contribution in [1.29, 1.82) is 0 Å². The summed E-state index contributed by atoms with van der Waals surface area (Å²) in [5.74, 6) is -2.16. The van der Waals surface area contributed by atoms with Gasteiger partial charge < -0.3 is 10.1 Å². The third kappa shape index (κ3) is 4.56. The smallest absolute Gasteiger partial charge is 0.341 e. The molecule has 0 bridgehead atoms. The number of para-hydroxylation sites is 1. The van der Waals surface area contributed by atoms with Crippen LogP contribution in [0.15, 0.2) is 42.5 Å². The lowest BCUT2D eigenvalue weighted by atomic mass is 10.2. The number of amides is 1. The van der Waals surface area contributed by atoms with E-state index in [1.54, 1.807) is 11.3 Å². The SMILES string of the molecule is O=C(COC(=O)c1cc(Cl)ccc1F)NCCc1nc2ccccc2s1. The zero-order valence-corrected chi connectivity index (χ0v) is 15.1. The van der Waals surface area contributed by atoms with E-state index in [1.807, 2.05) is 24.3 Å². The van der Waals surface area contributed by atoms with Gasteiger partial charge in [-0.15, -0.1) is 11.3 Å². The van der Waals surface area contributed by atoms with Crippen LogP contribution in [-0.2, 0) is 16.0 Å². The number of esters is 1. The van der Waals surface area contributed by atoms with Crippen LogP contribution < -0.4 is 5.32 Å². The van der Waals surface area contributed by atoms with Crippen molar-refractivity contribution in [2.24, 2.45) is 0 Å². The van der Waals surface area contributed by atoms with Crippen LogP contribution in [0.25, 0.3) is 10.2 Å². The molecule has 0 saturated carbocycles. The van der Waals surface area contributed by atoms with Gasteiger partial charge in [-0.3, -0.25) is 4.79 Å². The van der Waals surface area contributed by atoms with Crippen molar-refractivity contribution in [2.45, 2.75) is 6.42 Å². The predicted octanol–water partition coefficient (Wildman–Crippen LogP) is 3.60. The second kappa shape index (κ2) is 8.25. The zero-order chi connectivity index (χ0) is 18.5. The summed E-state index contributed by atoms with van der Waals surface area (Å²) in [5.41, 5.74) is 0.621. The second-order valence-electron chi connectivity index (χ2n) is 5.38. The van der Waals surface area contributed by atoms with Crippen molar-refractivity contribution < 1.29 is 18.7 Å². The number of nitrogens with one attached hydrogen (secondary N) is 1. The van der Waals surface area contributed by atoms with Crippen LogP contribution in [0, 0.1) is 5.82 Å². The molecule has 1 amide bonds. The number of halogens is 2. The van der Waals surface area contributed by atoms with Crippen molar-refractivity contribution >= 4 is 45.0 Å². The Labute approximate surface area is 157 Å². The van der Waals surface area contributed by atoms with Gasteiger partial charge in [0.1, 0.15) is 5.82 Å². The highest BCUT2D eigenvalue weighted by atomic mass is 35.5. The normalized spacial score (nSPS) is 10.7. The summed E-state index contributed by atoms with van der Waals surface area (Å²) in [6.07, 6.45) is 0.571. The molecule has 1 aromatic heterocycles. The fraction of sp³-hybridized carbons (Fsp3) is 0.167. The number of benzene rings is 2. The van der Waals surface area contributed by atoms with Gasteiger partial charge in [-0.1, -0.05) is 23.7 Å². The Balaban J connectivity index is 1.45. The van der Waals surface area contributed by atoms with Gasteiger partial charge in [0.15, 0.2) is 6.61 Å². The van der Waals surface area contributed by atoms with Crippen LogP contribution >= 0.6 is 22.9 Å². The van der Waals surface area contributed by atoms with E-state index in [0.29, 0.717) is 13.0 Å². The molecule has 0 spiro atoms. The number of rotatable bonds is 6. The molecule has 0 aliphatic rings. The Hall–Kier alpha value is -2.51. The average Bonchev–Trinajstić information content (AvgIpc) is 3.04. The van der Waals surface area contributed by atoms with E-state index in [0.717, 1.165) is 27.4 Å². The van der Waals surface area contributed by atoms with Gasteiger partial charge in [-0.25, -0.2) is 14.2 Å². The van der Waals surface area contributed by atoms with E-state index < -0.39 is 24.3 Å². The Morgan fingerprint density at radius 3 is 2.85 bits per heavy atom. The molecule has 0 radical (unpaired) electrons. The largest absolute Gasteiger partial charge is 0.452 e. The number of ether oxygens (including phenoxy) is 1. The fourth-order valence-electron chi connectivity index (χ4n) is 2.25. The number of fused-ring (bicyclic) bond motifs is 1. The Bertz CT molecular complexity index is 928. The molecule has 0 atom stereocenters. The van der Waals surface area contributed by atoms with Crippen LogP contribution in [0.3, 0.4) is 0 Å². The number of carbonyl (C=O) groups excluding carboxylic acids is 2. The van der Waals surface area contributed by atoms with E-state index in [-0.39, 0.29) is 10.6 Å². The van der Waals surface area contributed by atoms with E-state index in [2.05, 4.69) is 10.3 Å². The molecule has 2 aromatic carbocycles. The minimum absolute atomic E-state index is 0.207. The van der Waals surface area contributed by atoms with Crippen LogP contribution in [0.4, 0.5) is 4.39 Å². The maximum Gasteiger partial charge on any atom is 0.341 e. The van der Waals surface area contributed by atoms with Crippen LogP contribution in [0.5, 0.6) is 0 Å². The minimum Gasteiger partial charge on any atom is -0.452 e. The van der Waals surface area contributed by atoms with Crippen molar-refractivity contribution in [3.8, 4) is 0 Å². The molecule has 0 aliphatic heterocycles. The van der Waals surface area contributed by atoms with E-state index >= 15 is 0 Å². The monoisotopic (exact) mass is 392 g/mol. The molecule has 26 heavy (non-hydrogen) atoms. The molecule has 1 N–H and O–H groups in total. The molecule has 5 nitrogen and oxygen atoms in total. The first-order chi connectivity index (χ1) is 12.5. The lowest BCUT2D eigenvalue weighted by Crippen LogP contribution is -2.30. The predicted molar refractivity (Wildman–Crippen MR) is 98.0 cm³/mol. The third-order valence-electron chi connectivity index (χ3n) is 3.48. The number of carbonyl (C=O) groups is 2. The van der Waals surface area contributed by atoms with Crippen LogP contribution in [0.1, 0.15) is 15.4 Å². The van der Waals surface area contributed by atoms with Crippen molar-refractivity contribution in [1.82, 2.24) is 10.3 Å². The van der Waals surface area contributed by atoms with Crippen molar-refractivity contribution in [2.75, 3.05) is 13.2 Å².